The smallest absolute Gasteiger partial charge is 0.278 e. The normalized spacial score (nSPS) is 22.0. The molecule has 0 aliphatic carbocycles. The summed E-state index contributed by atoms with van der Waals surface area (Å²) < 4.78 is 16.9. The van der Waals surface area contributed by atoms with Gasteiger partial charge >= 0.3 is 0 Å². The van der Waals surface area contributed by atoms with Crippen LogP contribution in [0, 0.1) is 0 Å². The van der Waals surface area contributed by atoms with Crippen molar-refractivity contribution < 1.29 is 19.0 Å². The number of likely N-dealkylation sites (tertiary alicyclic amines) is 1. The third-order valence-electron chi connectivity index (χ3n) is 4.78. The van der Waals surface area contributed by atoms with Gasteiger partial charge in [-0.25, -0.2) is 9.97 Å². The first kappa shape index (κ1) is 16.8. The molecule has 1 fully saturated rings. The minimum Gasteiger partial charge on any atom is -0.477 e. The Hall–Kier alpha value is -2.67. The van der Waals surface area contributed by atoms with E-state index >= 15 is 0 Å². The van der Waals surface area contributed by atoms with Crippen molar-refractivity contribution in [3.05, 3.63) is 47.8 Å². The van der Waals surface area contributed by atoms with E-state index < -0.39 is 6.10 Å². The average molecular weight is 355 g/mol. The van der Waals surface area contributed by atoms with E-state index in [0.717, 1.165) is 18.4 Å². The molecule has 2 aliphatic rings. The number of aromatic nitrogens is 2. The second-order valence-corrected chi connectivity index (χ2v) is 6.38. The maximum atomic E-state index is 13.0. The molecule has 7 nitrogen and oxygen atoms in total. The predicted octanol–water partition coefficient (Wildman–Crippen LogP) is 1.78. The molecular formula is C19H21N3O4. The highest BCUT2D eigenvalue weighted by atomic mass is 16.5. The van der Waals surface area contributed by atoms with Crippen molar-refractivity contribution >= 4 is 5.91 Å². The molecule has 2 aromatic rings. The number of methoxy groups -OCH3 is 1. The van der Waals surface area contributed by atoms with Gasteiger partial charge in [0.1, 0.15) is 6.10 Å². The van der Waals surface area contributed by atoms with Crippen LogP contribution in [0.3, 0.4) is 0 Å². The summed E-state index contributed by atoms with van der Waals surface area (Å²) in [6, 6.07) is 7.99. The van der Waals surface area contributed by atoms with E-state index in [1.807, 2.05) is 18.2 Å². The molecule has 1 aromatic carbocycles. The number of fused-ring (bicyclic) bond motifs is 1. The van der Waals surface area contributed by atoms with Crippen LogP contribution in [-0.4, -0.2) is 53.7 Å². The van der Waals surface area contributed by atoms with Crippen LogP contribution in [0.5, 0.6) is 11.8 Å². The van der Waals surface area contributed by atoms with Gasteiger partial charge in [0.2, 0.25) is 0 Å². The lowest BCUT2D eigenvalue weighted by Crippen LogP contribution is -2.37. The number of rotatable bonds is 4. The summed E-state index contributed by atoms with van der Waals surface area (Å²) in [6.07, 6.45) is 4.03. The largest absolute Gasteiger partial charge is 0.477 e. The Labute approximate surface area is 151 Å². The number of carbonyl (C=O) groups is 1. The Kier molecular flexibility index (Phi) is 4.71. The minimum atomic E-state index is -0.523. The van der Waals surface area contributed by atoms with Gasteiger partial charge in [0.05, 0.1) is 20.3 Å². The fourth-order valence-corrected chi connectivity index (χ4v) is 3.48. The van der Waals surface area contributed by atoms with Crippen molar-refractivity contribution in [2.45, 2.75) is 25.0 Å². The highest BCUT2D eigenvalue weighted by molar-refractivity contribution is 5.83. The molecule has 1 saturated heterocycles. The maximum Gasteiger partial charge on any atom is 0.278 e. The third-order valence-corrected chi connectivity index (χ3v) is 4.78. The van der Waals surface area contributed by atoms with E-state index in [0.29, 0.717) is 31.5 Å². The second-order valence-electron chi connectivity index (χ2n) is 6.38. The Morgan fingerprint density at radius 2 is 2.04 bits per heavy atom. The van der Waals surface area contributed by atoms with E-state index in [1.165, 1.54) is 12.7 Å². The number of hydrogen-bond donors (Lipinski definition) is 0. The number of carbonyl (C=O) groups excluding carboxylic acids is 1. The summed E-state index contributed by atoms with van der Waals surface area (Å²) in [5.41, 5.74) is 2.16. The molecule has 26 heavy (non-hydrogen) atoms. The summed E-state index contributed by atoms with van der Waals surface area (Å²) in [6.45, 7) is 1.70. The highest BCUT2D eigenvalue weighted by Gasteiger charge is 2.35. The lowest BCUT2D eigenvalue weighted by molar-refractivity contribution is -0.144. The van der Waals surface area contributed by atoms with Crippen molar-refractivity contribution in [1.82, 2.24) is 14.9 Å². The Bertz CT molecular complexity index is 798. The number of ether oxygens (including phenoxy) is 3. The molecular weight excluding hydrogens is 334 g/mol. The van der Waals surface area contributed by atoms with Crippen molar-refractivity contribution in [3.63, 3.8) is 0 Å². The fourth-order valence-electron chi connectivity index (χ4n) is 3.48. The molecule has 4 rings (SSSR count). The number of nitrogens with zero attached hydrogens (tertiary/aromatic N) is 3. The molecule has 0 unspecified atom stereocenters. The first-order valence-corrected chi connectivity index (χ1v) is 8.76. The van der Waals surface area contributed by atoms with E-state index in [-0.39, 0.29) is 12.0 Å². The topological polar surface area (TPSA) is 73.8 Å². The second kappa shape index (κ2) is 7.29. The predicted molar refractivity (Wildman–Crippen MR) is 93.0 cm³/mol. The maximum absolute atomic E-state index is 13.0. The van der Waals surface area contributed by atoms with E-state index in [4.69, 9.17) is 14.2 Å². The van der Waals surface area contributed by atoms with Crippen LogP contribution in [0.1, 0.15) is 23.7 Å². The first-order chi connectivity index (χ1) is 12.8. The van der Waals surface area contributed by atoms with Crippen molar-refractivity contribution in [2.24, 2.45) is 0 Å². The molecule has 0 spiro atoms. The lowest BCUT2D eigenvalue weighted by Gasteiger charge is -2.28. The molecule has 1 amide bonds. The molecule has 136 valence electrons. The molecule has 2 atom stereocenters. The Morgan fingerprint density at radius 3 is 2.88 bits per heavy atom. The zero-order valence-corrected chi connectivity index (χ0v) is 14.6. The van der Waals surface area contributed by atoms with E-state index in [1.54, 1.807) is 17.3 Å². The van der Waals surface area contributed by atoms with Crippen molar-refractivity contribution in [3.8, 4) is 11.8 Å². The molecule has 0 radical (unpaired) electrons. The number of benzene rings is 1. The minimum absolute atomic E-state index is 0.00522. The van der Waals surface area contributed by atoms with Gasteiger partial charge in [-0.05, 0) is 17.5 Å². The van der Waals surface area contributed by atoms with Crippen LogP contribution in [0.25, 0.3) is 0 Å². The van der Waals surface area contributed by atoms with Gasteiger partial charge in [0.15, 0.2) is 6.10 Å². The molecule has 2 aliphatic heterocycles. The van der Waals surface area contributed by atoms with Crippen molar-refractivity contribution in [1.29, 1.82) is 0 Å². The van der Waals surface area contributed by atoms with Crippen LogP contribution < -0.4 is 9.47 Å². The Morgan fingerprint density at radius 1 is 1.23 bits per heavy atom. The number of amides is 1. The van der Waals surface area contributed by atoms with Crippen LogP contribution in [0.2, 0.25) is 0 Å². The van der Waals surface area contributed by atoms with Crippen LogP contribution in [0.15, 0.2) is 36.7 Å². The van der Waals surface area contributed by atoms with Gasteiger partial charge in [0, 0.05) is 25.4 Å². The first-order valence-electron chi connectivity index (χ1n) is 8.76. The Balaban J connectivity index is 1.44. The van der Waals surface area contributed by atoms with E-state index in [2.05, 4.69) is 16.0 Å². The van der Waals surface area contributed by atoms with Gasteiger partial charge in [-0.15, -0.1) is 0 Å². The monoisotopic (exact) mass is 355 g/mol. The summed E-state index contributed by atoms with van der Waals surface area (Å²) in [7, 11) is 1.53. The van der Waals surface area contributed by atoms with Gasteiger partial charge in [0.25, 0.3) is 17.7 Å². The summed E-state index contributed by atoms with van der Waals surface area (Å²) in [4.78, 5) is 23.0. The van der Waals surface area contributed by atoms with Gasteiger partial charge in [-0.1, -0.05) is 24.3 Å². The van der Waals surface area contributed by atoms with E-state index in [9.17, 15) is 4.79 Å². The summed E-state index contributed by atoms with van der Waals surface area (Å²) in [5.74, 6) is 0.699. The molecule has 0 saturated carbocycles. The molecule has 7 heteroatoms. The highest BCUT2D eigenvalue weighted by Crippen LogP contribution is 2.30. The molecule has 0 bridgehead atoms. The standard InChI is InChI=1S/C19H21N3O4/c1-24-17-18(21-9-8-20-17)26-14-6-10-22(12-14)19(23)16-15-5-3-2-4-13(15)7-11-25-16/h2-5,8-9,14,16H,6-7,10-12H2,1H3/t14-,16-/m0/s1. The SMILES string of the molecule is COc1nccnc1O[C@H]1CCN(C(=O)[C@H]2OCCc3ccccc32)C1. The molecule has 1 aromatic heterocycles. The fraction of sp³-hybridized carbons (Fsp3) is 0.421. The third kappa shape index (κ3) is 3.22. The quantitative estimate of drug-likeness (QED) is 0.832. The van der Waals surface area contributed by atoms with Crippen LogP contribution >= 0.6 is 0 Å². The van der Waals surface area contributed by atoms with Gasteiger partial charge in [-0.3, -0.25) is 4.79 Å². The molecule has 3 heterocycles. The summed E-state index contributed by atoms with van der Waals surface area (Å²) in [5, 5.41) is 0. The average Bonchev–Trinajstić information content (AvgIpc) is 3.16. The molecule has 0 N–H and O–H groups in total. The van der Waals surface area contributed by atoms with Crippen molar-refractivity contribution in [2.75, 3.05) is 26.8 Å². The summed E-state index contributed by atoms with van der Waals surface area (Å²) >= 11 is 0. The van der Waals surface area contributed by atoms with Crippen LogP contribution in [-0.2, 0) is 16.0 Å². The zero-order chi connectivity index (χ0) is 17.9. The van der Waals surface area contributed by atoms with Crippen LogP contribution in [0.4, 0.5) is 0 Å². The zero-order valence-electron chi connectivity index (χ0n) is 14.6. The van der Waals surface area contributed by atoms with Gasteiger partial charge in [-0.2, -0.15) is 0 Å². The van der Waals surface area contributed by atoms with Gasteiger partial charge < -0.3 is 19.1 Å². The number of hydrogen-bond acceptors (Lipinski definition) is 6. The lowest BCUT2D eigenvalue weighted by atomic mass is 9.97.